The van der Waals surface area contributed by atoms with Crippen molar-refractivity contribution < 1.29 is 18.0 Å². The van der Waals surface area contributed by atoms with Crippen LogP contribution in [0.3, 0.4) is 0 Å². The molecule has 3 aliphatic rings. The molecule has 234 valence electrons. The number of likely N-dealkylation sites (N-methyl/N-ethyl adjacent to an activating group) is 1. The summed E-state index contributed by atoms with van der Waals surface area (Å²) < 4.78 is 42.9. The largest absolute Gasteiger partial charge is 0.416 e. The van der Waals surface area contributed by atoms with Gasteiger partial charge in [0.2, 0.25) is 5.91 Å². The number of allylic oxidation sites excluding steroid dienone is 1. The Hall–Kier alpha value is -3.80. The number of nitrogens with zero attached hydrogens (tertiary/aromatic N) is 4. The number of carbonyl (C=O) groups is 1. The van der Waals surface area contributed by atoms with E-state index in [0.717, 1.165) is 91.3 Å². The van der Waals surface area contributed by atoms with Gasteiger partial charge >= 0.3 is 6.18 Å². The standard InChI is InChI=1S/C34H35F3N6OS/c1-2-42-14-16-43(17-15-42)20-25-10-11-26(19-27(25)34(35,36)37)38-30(21-6-7-21)24-5-3-4-23(18-24)28-12-13-29-32(39-28)45-33(40-29)41-31(44)22-8-9-22/h3-5,10-13,18-19,22,38H,2,6-9,14-17,20H2,1H3,(H,40,41,44). The second-order valence-corrected chi connectivity index (χ2v) is 13.0. The first-order valence-electron chi connectivity index (χ1n) is 15.6. The van der Waals surface area contributed by atoms with Crippen LogP contribution in [-0.2, 0) is 17.5 Å². The molecule has 7 nitrogen and oxygen atoms in total. The zero-order valence-corrected chi connectivity index (χ0v) is 25.9. The molecule has 2 N–H and O–H groups in total. The van der Waals surface area contributed by atoms with E-state index in [9.17, 15) is 18.0 Å². The van der Waals surface area contributed by atoms with Crippen LogP contribution in [0.2, 0.25) is 0 Å². The van der Waals surface area contributed by atoms with E-state index in [-0.39, 0.29) is 18.4 Å². The molecule has 2 saturated carbocycles. The Morgan fingerprint density at radius 2 is 1.73 bits per heavy atom. The Morgan fingerprint density at radius 3 is 2.44 bits per heavy atom. The number of amides is 1. The summed E-state index contributed by atoms with van der Waals surface area (Å²) in [6.45, 7) is 6.64. The van der Waals surface area contributed by atoms with E-state index in [0.29, 0.717) is 16.4 Å². The molecule has 0 unspecified atom stereocenters. The molecule has 7 rings (SSSR count). The summed E-state index contributed by atoms with van der Waals surface area (Å²) in [5, 5.41) is 6.80. The van der Waals surface area contributed by atoms with Crippen molar-refractivity contribution in [2.75, 3.05) is 43.4 Å². The second-order valence-electron chi connectivity index (χ2n) is 12.1. The molecule has 0 atom stereocenters. The topological polar surface area (TPSA) is 73.4 Å². The maximum Gasteiger partial charge on any atom is 0.416 e. The van der Waals surface area contributed by atoms with Gasteiger partial charge < -0.3 is 15.5 Å². The zero-order valence-electron chi connectivity index (χ0n) is 25.1. The smallest absolute Gasteiger partial charge is 0.355 e. The number of hydrogen-bond donors (Lipinski definition) is 2. The third-order valence-corrected chi connectivity index (χ3v) is 9.61. The summed E-state index contributed by atoms with van der Waals surface area (Å²) >= 11 is 1.35. The minimum Gasteiger partial charge on any atom is -0.355 e. The van der Waals surface area contributed by atoms with Crippen LogP contribution in [0, 0.1) is 5.92 Å². The average Bonchev–Trinajstić information content (AvgIpc) is 3.97. The van der Waals surface area contributed by atoms with Crippen LogP contribution in [0.25, 0.3) is 27.3 Å². The van der Waals surface area contributed by atoms with Gasteiger partial charge in [0.15, 0.2) is 5.13 Å². The number of anilines is 2. The van der Waals surface area contributed by atoms with Gasteiger partial charge in [0, 0.05) is 55.6 Å². The van der Waals surface area contributed by atoms with Crippen LogP contribution in [0.4, 0.5) is 24.0 Å². The number of benzene rings is 2. The molecule has 3 heterocycles. The molecular formula is C34H35F3N6OS. The van der Waals surface area contributed by atoms with Gasteiger partial charge in [-0.05, 0) is 79.3 Å². The lowest BCUT2D eigenvalue weighted by molar-refractivity contribution is -0.138. The van der Waals surface area contributed by atoms with Gasteiger partial charge in [0.1, 0.15) is 10.3 Å². The Morgan fingerprint density at radius 1 is 0.956 bits per heavy atom. The van der Waals surface area contributed by atoms with Crippen molar-refractivity contribution in [1.29, 1.82) is 0 Å². The molecule has 1 amide bonds. The quantitative estimate of drug-likeness (QED) is 0.199. The van der Waals surface area contributed by atoms with Crippen LogP contribution in [0.5, 0.6) is 0 Å². The summed E-state index contributed by atoms with van der Waals surface area (Å²) in [5.74, 6) is 0.106. The number of carbonyl (C=O) groups excluding carboxylic acids is 1. The van der Waals surface area contributed by atoms with Gasteiger partial charge in [0.05, 0.1) is 11.3 Å². The molecule has 2 aliphatic carbocycles. The van der Waals surface area contributed by atoms with E-state index >= 15 is 0 Å². The number of alkyl halides is 3. The molecule has 0 radical (unpaired) electrons. The molecule has 4 aromatic rings. The lowest BCUT2D eigenvalue weighted by Gasteiger charge is -2.34. The highest BCUT2D eigenvalue weighted by atomic mass is 32.1. The summed E-state index contributed by atoms with van der Waals surface area (Å²) in [4.78, 5) is 26.7. The van der Waals surface area contributed by atoms with Gasteiger partial charge in [-0.15, -0.1) is 0 Å². The number of halogens is 3. The second kappa shape index (κ2) is 12.2. The molecule has 3 fully saturated rings. The fraction of sp³-hybridized carbons (Fsp3) is 0.382. The van der Waals surface area contributed by atoms with Crippen LogP contribution < -0.4 is 10.6 Å². The molecule has 45 heavy (non-hydrogen) atoms. The predicted octanol–water partition coefficient (Wildman–Crippen LogP) is 7.48. The van der Waals surface area contributed by atoms with Crippen LogP contribution in [-0.4, -0.2) is 58.4 Å². The lowest BCUT2D eigenvalue weighted by Crippen LogP contribution is -2.45. The Kier molecular flexibility index (Phi) is 8.09. The van der Waals surface area contributed by atoms with Crippen LogP contribution >= 0.6 is 11.3 Å². The van der Waals surface area contributed by atoms with E-state index in [2.05, 4.69) is 32.3 Å². The SMILES string of the molecule is CCN1CCN(Cc2ccc(NC(=C3CC3)c3cccc(-c4ccc5nc(NC(=O)C6CC6)sc5n4)c3)cc2C(F)(F)F)CC1. The Labute approximate surface area is 264 Å². The van der Waals surface area contributed by atoms with Gasteiger partial charge in [-0.3, -0.25) is 9.69 Å². The fourth-order valence-electron chi connectivity index (χ4n) is 5.80. The minimum atomic E-state index is -4.45. The Balaban J connectivity index is 1.11. The first kappa shape index (κ1) is 29.9. The third kappa shape index (κ3) is 6.90. The van der Waals surface area contributed by atoms with Crippen molar-refractivity contribution in [2.24, 2.45) is 5.92 Å². The molecule has 11 heteroatoms. The number of pyridine rings is 1. The minimum absolute atomic E-state index is 0.0117. The van der Waals surface area contributed by atoms with Gasteiger partial charge in [-0.2, -0.15) is 13.2 Å². The number of hydrogen-bond acceptors (Lipinski definition) is 7. The normalized spacial score (nSPS) is 17.5. The number of fused-ring (bicyclic) bond motifs is 1. The number of aromatic nitrogens is 2. The molecule has 0 spiro atoms. The lowest BCUT2D eigenvalue weighted by atomic mass is 10.0. The van der Waals surface area contributed by atoms with E-state index in [1.807, 2.05) is 36.4 Å². The van der Waals surface area contributed by atoms with Gasteiger partial charge in [-0.1, -0.05) is 42.5 Å². The van der Waals surface area contributed by atoms with Crippen molar-refractivity contribution in [3.8, 4) is 11.3 Å². The van der Waals surface area contributed by atoms with Crippen molar-refractivity contribution in [3.63, 3.8) is 0 Å². The number of thiazole rings is 1. The first-order valence-corrected chi connectivity index (χ1v) is 16.4. The van der Waals surface area contributed by atoms with Crippen molar-refractivity contribution in [2.45, 2.75) is 45.3 Å². The first-order chi connectivity index (χ1) is 21.7. The Bertz CT molecular complexity index is 1770. The van der Waals surface area contributed by atoms with Crippen LogP contribution in [0.1, 0.15) is 49.3 Å². The van der Waals surface area contributed by atoms with E-state index in [1.165, 1.54) is 23.0 Å². The van der Waals surface area contributed by atoms with Crippen molar-refractivity contribution >= 4 is 44.1 Å². The molecule has 0 bridgehead atoms. The van der Waals surface area contributed by atoms with Crippen LogP contribution in [0.15, 0.2) is 60.2 Å². The summed E-state index contributed by atoms with van der Waals surface area (Å²) in [6.07, 6.45) is -0.795. The molecule has 1 saturated heterocycles. The monoisotopic (exact) mass is 632 g/mol. The predicted molar refractivity (Wildman–Crippen MR) is 173 cm³/mol. The van der Waals surface area contributed by atoms with E-state index in [1.54, 1.807) is 12.1 Å². The average molecular weight is 633 g/mol. The van der Waals surface area contributed by atoms with E-state index in [4.69, 9.17) is 4.98 Å². The van der Waals surface area contributed by atoms with Gasteiger partial charge in [-0.25, -0.2) is 9.97 Å². The molecule has 2 aromatic heterocycles. The third-order valence-electron chi connectivity index (χ3n) is 8.73. The summed E-state index contributed by atoms with van der Waals surface area (Å²) in [6, 6.07) is 16.4. The molecular weight excluding hydrogens is 597 g/mol. The van der Waals surface area contributed by atoms with E-state index < -0.39 is 11.7 Å². The van der Waals surface area contributed by atoms with Crippen molar-refractivity contribution in [1.82, 2.24) is 19.8 Å². The maximum absolute atomic E-state index is 14.3. The number of nitrogens with one attached hydrogen (secondary N) is 2. The highest BCUT2D eigenvalue weighted by Gasteiger charge is 2.35. The fourth-order valence-corrected chi connectivity index (χ4v) is 6.64. The summed E-state index contributed by atoms with van der Waals surface area (Å²) in [7, 11) is 0. The summed E-state index contributed by atoms with van der Waals surface area (Å²) in [5.41, 5.74) is 5.44. The zero-order chi connectivity index (χ0) is 31.1. The molecule has 1 aliphatic heterocycles. The highest BCUT2D eigenvalue weighted by Crippen LogP contribution is 2.40. The molecule has 2 aromatic carbocycles. The maximum atomic E-state index is 14.3. The number of piperazine rings is 1. The highest BCUT2D eigenvalue weighted by molar-refractivity contribution is 7.22. The van der Waals surface area contributed by atoms with Gasteiger partial charge in [0.25, 0.3) is 0 Å². The number of rotatable bonds is 9. The van der Waals surface area contributed by atoms with Crippen molar-refractivity contribution in [3.05, 3.63) is 76.9 Å².